The Labute approximate surface area is 606 Å². The van der Waals surface area contributed by atoms with Gasteiger partial charge in [0.25, 0.3) is 0 Å². The molecule has 0 aliphatic rings. The first-order valence-corrected chi connectivity index (χ1v) is 36.0. The van der Waals surface area contributed by atoms with Crippen LogP contribution in [0, 0.1) is 0 Å². The zero-order chi connectivity index (χ0) is 69.1. The summed E-state index contributed by atoms with van der Waals surface area (Å²) < 4.78 is 15.4. The number of anilines is 6. The summed E-state index contributed by atoms with van der Waals surface area (Å²) in [6.07, 6.45) is 0. The fraction of sp³-hybridized carbons (Fsp3) is 0. The van der Waals surface area contributed by atoms with E-state index in [1.807, 2.05) is 59.9 Å². The highest BCUT2D eigenvalue weighted by atomic mass is 32.1. The van der Waals surface area contributed by atoms with Crippen LogP contribution >= 0.6 is 11.3 Å². The van der Waals surface area contributed by atoms with E-state index in [9.17, 15) is 0 Å². The molecule has 0 aliphatic heterocycles. The number of benzene rings is 17. The van der Waals surface area contributed by atoms with Gasteiger partial charge in [-0.1, -0.05) is 291 Å². The molecule has 0 saturated heterocycles. The van der Waals surface area contributed by atoms with Crippen LogP contribution in [0.4, 0.5) is 34.1 Å². The molecule has 0 amide bonds. The molecule has 0 atom stereocenters. The van der Waals surface area contributed by atoms with Gasteiger partial charge in [0.1, 0.15) is 22.3 Å². The second-order valence-corrected chi connectivity index (χ2v) is 27.2. The van der Waals surface area contributed by atoms with E-state index in [1.165, 1.54) is 86.2 Å². The van der Waals surface area contributed by atoms with Gasteiger partial charge in [-0.3, -0.25) is 0 Å². The molecule has 3 heterocycles. The maximum absolute atomic E-state index is 6.47. The van der Waals surface area contributed by atoms with Crippen molar-refractivity contribution in [2.24, 2.45) is 0 Å². The summed E-state index contributed by atoms with van der Waals surface area (Å²) >= 11 is 1.85. The highest BCUT2D eigenvalue weighted by Gasteiger charge is 2.19. The van der Waals surface area contributed by atoms with Gasteiger partial charge in [-0.05, 0) is 180 Å². The maximum Gasteiger partial charge on any atom is 0.145 e. The lowest BCUT2D eigenvalue weighted by Crippen LogP contribution is -1.92. The highest BCUT2D eigenvalue weighted by Crippen LogP contribution is 2.46. The molecule has 0 radical (unpaired) electrons. The fourth-order valence-corrected chi connectivity index (χ4v) is 15.6. The molecule has 3 aromatic heterocycles. The molecule has 3 N–H and O–H groups in total. The van der Waals surface area contributed by atoms with Crippen LogP contribution < -0.4 is 16.0 Å². The Bertz CT molecular complexity index is 6460. The van der Waals surface area contributed by atoms with Crippen LogP contribution in [0.5, 0.6) is 0 Å². The summed E-state index contributed by atoms with van der Waals surface area (Å²) in [4.78, 5) is 0. The Kier molecular flexibility index (Phi) is 16.8. The van der Waals surface area contributed by atoms with Crippen molar-refractivity contribution < 1.29 is 8.83 Å². The minimum Gasteiger partial charge on any atom is -0.456 e. The molecule has 0 unspecified atom stereocenters. The first-order chi connectivity index (χ1) is 51.5. The second kappa shape index (κ2) is 27.9. The number of rotatable bonds is 12. The first kappa shape index (κ1) is 62.7. The van der Waals surface area contributed by atoms with Gasteiger partial charge in [0.15, 0.2) is 0 Å². The molecule has 492 valence electrons. The van der Waals surface area contributed by atoms with Crippen molar-refractivity contribution in [1.29, 1.82) is 0 Å². The van der Waals surface area contributed by atoms with Gasteiger partial charge in [-0.2, -0.15) is 0 Å². The fourth-order valence-electron chi connectivity index (χ4n) is 14.4. The first-order valence-electron chi connectivity index (χ1n) is 35.2. The summed E-state index contributed by atoms with van der Waals surface area (Å²) in [5, 5.41) is 23.0. The minimum atomic E-state index is 0.880. The van der Waals surface area contributed by atoms with E-state index in [2.05, 4.69) is 356 Å². The van der Waals surface area contributed by atoms with Crippen molar-refractivity contribution in [3.8, 4) is 66.8 Å². The summed E-state index contributed by atoms with van der Waals surface area (Å²) in [5.74, 6) is 0. The Morgan fingerprint density at radius 1 is 0.202 bits per heavy atom. The molecule has 0 spiro atoms. The molecule has 0 saturated carbocycles. The van der Waals surface area contributed by atoms with Crippen LogP contribution in [0.25, 0.3) is 152 Å². The summed E-state index contributed by atoms with van der Waals surface area (Å²) in [6, 6.07) is 136. The third kappa shape index (κ3) is 12.6. The van der Waals surface area contributed by atoms with Crippen LogP contribution in [0.15, 0.2) is 397 Å². The second-order valence-electron chi connectivity index (χ2n) is 26.1. The zero-order valence-corrected chi connectivity index (χ0v) is 57.5. The van der Waals surface area contributed by atoms with E-state index in [1.54, 1.807) is 0 Å². The van der Waals surface area contributed by atoms with E-state index in [4.69, 9.17) is 8.83 Å². The molecule has 6 heteroatoms. The molecule has 17 aromatic carbocycles. The SMILES string of the molecule is c1ccc(-c2ccc(Nc3cc(-c4ccccc4)cc4sc5ccccc5c34)cc2)cc1.c1ccc(-c2ccc(Nc3ccc(-c4ccc5ccccc5c4)c4oc5ccccc5c34)cc2)cc1.c1ccc(Nc2cc(-c3ccc(-c4cccc5ccccc45)cc3)cc3oc4ccccc4c23)cc1. The lowest BCUT2D eigenvalue weighted by Gasteiger charge is -2.12. The molecule has 20 rings (SSSR count). The largest absolute Gasteiger partial charge is 0.456 e. The average molecular weight is 1350 g/mol. The van der Waals surface area contributed by atoms with Crippen molar-refractivity contribution in [2.45, 2.75) is 0 Å². The Hall–Kier alpha value is -13.5. The monoisotopic (exact) mass is 1350 g/mol. The Balaban J connectivity index is 0.000000111. The quantitative estimate of drug-likeness (QED) is 0.114. The van der Waals surface area contributed by atoms with E-state index in [0.29, 0.717) is 0 Å². The van der Waals surface area contributed by atoms with Crippen LogP contribution in [0.3, 0.4) is 0 Å². The number of fused-ring (bicyclic) bond motifs is 11. The van der Waals surface area contributed by atoms with Crippen molar-refractivity contribution in [3.05, 3.63) is 388 Å². The van der Waals surface area contributed by atoms with E-state index in [0.717, 1.165) is 100 Å². The van der Waals surface area contributed by atoms with Crippen molar-refractivity contribution in [3.63, 3.8) is 0 Å². The van der Waals surface area contributed by atoms with Gasteiger partial charge in [-0.15, -0.1) is 11.3 Å². The zero-order valence-electron chi connectivity index (χ0n) is 56.7. The Morgan fingerprint density at radius 2 is 0.644 bits per heavy atom. The van der Waals surface area contributed by atoms with E-state index in [-0.39, 0.29) is 0 Å². The number of hydrogen-bond acceptors (Lipinski definition) is 6. The van der Waals surface area contributed by atoms with Crippen LogP contribution in [0.2, 0.25) is 0 Å². The van der Waals surface area contributed by atoms with Gasteiger partial charge < -0.3 is 24.8 Å². The van der Waals surface area contributed by atoms with Crippen LogP contribution in [0.1, 0.15) is 0 Å². The topological polar surface area (TPSA) is 62.4 Å². The molecule has 20 aromatic rings. The van der Waals surface area contributed by atoms with Crippen LogP contribution in [-0.2, 0) is 0 Å². The number of thiophene rings is 1. The van der Waals surface area contributed by atoms with Gasteiger partial charge in [0, 0.05) is 59.3 Å². The number of furan rings is 2. The summed E-state index contributed by atoms with van der Waals surface area (Å²) in [6.45, 7) is 0. The number of hydrogen-bond donors (Lipinski definition) is 3. The summed E-state index contributed by atoms with van der Waals surface area (Å²) in [5.41, 5.74) is 24.3. The van der Waals surface area contributed by atoms with Gasteiger partial charge in [-0.25, -0.2) is 0 Å². The molecule has 0 bridgehead atoms. The summed E-state index contributed by atoms with van der Waals surface area (Å²) in [7, 11) is 0. The van der Waals surface area contributed by atoms with Gasteiger partial charge in [0.05, 0.1) is 22.1 Å². The van der Waals surface area contributed by atoms with Crippen molar-refractivity contribution in [1.82, 2.24) is 0 Å². The Morgan fingerprint density at radius 3 is 1.30 bits per heavy atom. The van der Waals surface area contributed by atoms with Crippen molar-refractivity contribution >= 4 is 131 Å². The lowest BCUT2D eigenvalue weighted by atomic mass is 9.95. The molecule has 104 heavy (non-hydrogen) atoms. The average Bonchev–Trinajstić information content (AvgIpc) is 1.60. The third-order valence-electron chi connectivity index (χ3n) is 19.6. The normalized spacial score (nSPS) is 11.3. The maximum atomic E-state index is 6.47. The predicted octanol–water partition coefficient (Wildman–Crippen LogP) is 28.8. The van der Waals surface area contributed by atoms with E-state index < -0.39 is 0 Å². The smallest absolute Gasteiger partial charge is 0.145 e. The molecule has 0 fully saturated rings. The lowest BCUT2D eigenvalue weighted by molar-refractivity contribution is 0.669. The molecule has 0 aliphatic carbocycles. The third-order valence-corrected chi connectivity index (χ3v) is 20.7. The highest BCUT2D eigenvalue weighted by molar-refractivity contribution is 7.26. The number of para-hydroxylation sites is 3. The van der Waals surface area contributed by atoms with Gasteiger partial charge in [0.2, 0.25) is 0 Å². The van der Waals surface area contributed by atoms with E-state index >= 15 is 0 Å². The molecular weight excluding hydrogens is 1280 g/mol. The molecular formula is C98H67N3O2S. The van der Waals surface area contributed by atoms with Gasteiger partial charge >= 0.3 is 0 Å². The number of nitrogens with one attached hydrogen (secondary N) is 3. The minimum absolute atomic E-state index is 0.880. The predicted molar refractivity (Wildman–Crippen MR) is 444 cm³/mol. The van der Waals surface area contributed by atoms with Crippen molar-refractivity contribution in [2.75, 3.05) is 16.0 Å². The van der Waals surface area contributed by atoms with Crippen LogP contribution in [-0.4, -0.2) is 0 Å². The molecule has 5 nitrogen and oxygen atoms in total. The standard InChI is InChI=1S/2C34H23NO.C30H21NS/c1-2-11-27(12-3-1)35-31-21-26(22-33-34(31)30-14-6-7-16-32(30)36-33)23-17-19-25(20-18-23)29-15-8-10-24-9-4-5-13-28(24)29;1-2-8-23(9-3-1)25-16-18-28(19-17-25)35-31-21-20-29(27-15-14-24-10-4-5-11-26(24)22-27)34-33(31)30-12-6-7-13-32(30)36-34;1-3-9-21(10-4-1)23-15-17-25(18-16-23)31-27-19-24(22-11-5-2-6-12-22)20-29-30(27)26-13-7-8-14-28(26)32-29/h2*1-22,35H;1-20,31H.